The molecule has 0 saturated carbocycles. The van der Waals surface area contributed by atoms with Crippen LogP contribution in [0.15, 0.2) is 24.7 Å². The molecule has 0 amide bonds. The van der Waals surface area contributed by atoms with Crippen molar-refractivity contribution < 1.29 is 4.39 Å². The zero-order valence-corrected chi connectivity index (χ0v) is 4.29. The molecule has 1 nitrogen and oxygen atoms in total. The molecule has 0 aliphatic carbocycles. The Labute approximate surface area is 42.5 Å². The van der Waals surface area contributed by atoms with Crippen LogP contribution in [0.1, 0.15) is 0 Å². The maximum absolute atomic E-state index is 11.7. The van der Waals surface area contributed by atoms with Crippen LogP contribution in [0.25, 0.3) is 0 Å². The van der Waals surface area contributed by atoms with E-state index in [0.29, 0.717) is 0 Å². The molecule has 0 heterocycles. The Kier molecular flexibility index (Phi) is 2.12. The molecule has 0 rings (SSSR count). The summed E-state index contributed by atoms with van der Waals surface area (Å²) in [6.07, 6.45) is 0. The summed E-state index contributed by atoms with van der Waals surface area (Å²) >= 11 is 0. The highest BCUT2D eigenvalue weighted by Gasteiger charge is 1.89. The van der Waals surface area contributed by atoms with Crippen LogP contribution >= 0.6 is 0 Å². The van der Waals surface area contributed by atoms with Crippen molar-refractivity contribution in [1.82, 2.24) is 5.32 Å². The van der Waals surface area contributed by atoms with Gasteiger partial charge < -0.3 is 5.32 Å². The average molecular weight is 101 g/mol. The van der Waals surface area contributed by atoms with Crippen molar-refractivity contribution in [2.45, 2.75) is 0 Å². The highest BCUT2D eigenvalue weighted by Crippen LogP contribution is 1.98. The van der Waals surface area contributed by atoms with Gasteiger partial charge in [0.2, 0.25) is 0 Å². The van der Waals surface area contributed by atoms with Gasteiger partial charge in [-0.05, 0) is 0 Å². The van der Waals surface area contributed by atoms with Crippen LogP contribution in [0.5, 0.6) is 0 Å². The zero-order valence-electron chi connectivity index (χ0n) is 4.29. The first-order valence-corrected chi connectivity index (χ1v) is 1.90. The third kappa shape index (κ3) is 1.98. The smallest absolute Gasteiger partial charge is 0.138 e. The number of hydrogen-bond acceptors (Lipinski definition) is 1. The molecular formula is C5H8FN. The van der Waals surface area contributed by atoms with E-state index in [1.807, 2.05) is 0 Å². The first-order valence-electron chi connectivity index (χ1n) is 1.90. The van der Waals surface area contributed by atoms with Gasteiger partial charge in [-0.25, -0.2) is 4.39 Å². The molecule has 7 heavy (non-hydrogen) atoms. The monoisotopic (exact) mass is 101 g/mol. The van der Waals surface area contributed by atoms with E-state index in [0.717, 1.165) is 0 Å². The Hall–Kier alpha value is -0.790. The first-order chi connectivity index (χ1) is 3.18. The normalized spacial score (nSPS) is 7.71. The van der Waals surface area contributed by atoms with Crippen LogP contribution in [0, 0.1) is 0 Å². The van der Waals surface area contributed by atoms with Gasteiger partial charge in [-0.3, -0.25) is 0 Å². The van der Waals surface area contributed by atoms with Gasteiger partial charge in [0.15, 0.2) is 0 Å². The van der Waals surface area contributed by atoms with Gasteiger partial charge in [0.05, 0.1) is 5.70 Å². The molecule has 0 atom stereocenters. The number of rotatable bonds is 2. The van der Waals surface area contributed by atoms with Gasteiger partial charge in [0.25, 0.3) is 0 Å². The SMILES string of the molecule is C=C(F)C(=C)NC. The van der Waals surface area contributed by atoms with Crippen LogP contribution in [0.3, 0.4) is 0 Å². The Bertz CT molecular complexity index is 96.3. The van der Waals surface area contributed by atoms with Crippen molar-refractivity contribution in [3.05, 3.63) is 24.7 Å². The molecule has 0 aromatic rings. The largest absolute Gasteiger partial charge is 0.386 e. The van der Waals surface area contributed by atoms with E-state index < -0.39 is 5.83 Å². The van der Waals surface area contributed by atoms with Crippen molar-refractivity contribution in [3.63, 3.8) is 0 Å². The summed E-state index contributed by atoms with van der Waals surface area (Å²) in [5.74, 6) is -0.512. The van der Waals surface area contributed by atoms with Gasteiger partial charge in [-0.2, -0.15) is 0 Å². The zero-order chi connectivity index (χ0) is 5.86. The number of halogens is 1. The second kappa shape index (κ2) is 2.39. The van der Waals surface area contributed by atoms with E-state index in [9.17, 15) is 4.39 Å². The van der Waals surface area contributed by atoms with Gasteiger partial charge in [0.1, 0.15) is 5.83 Å². The summed E-state index contributed by atoms with van der Waals surface area (Å²) < 4.78 is 11.7. The van der Waals surface area contributed by atoms with E-state index in [1.165, 1.54) is 0 Å². The lowest BCUT2D eigenvalue weighted by Crippen LogP contribution is -2.02. The Morgan fingerprint density at radius 3 is 2.00 bits per heavy atom. The minimum Gasteiger partial charge on any atom is -0.386 e. The fourth-order valence-corrected chi connectivity index (χ4v) is 0.136. The molecule has 0 bridgehead atoms. The Morgan fingerprint density at radius 1 is 1.57 bits per heavy atom. The molecule has 0 aliphatic heterocycles. The molecule has 0 saturated heterocycles. The van der Waals surface area contributed by atoms with Crippen LogP contribution in [-0.2, 0) is 0 Å². The minimum atomic E-state index is -0.512. The maximum atomic E-state index is 11.7. The Morgan fingerprint density at radius 2 is 2.00 bits per heavy atom. The summed E-state index contributed by atoms with van der Waals surface area (Å²) in [5, 5.41) is 2.50. The molecule has 0 radical (unpaired) electrons. The number of hydrogen-bond donors (Lipinski definition) is 1. The lowest BCUT2D eigenvalue weighted by Gasteiger charge is -1.95. The Balaban J connectivity index is 3.58. The molecule has 0 aromatic carbocycles. The van der Waals surface area contributed by atoms with Gasteiger partial charge in [-0.1, -0.05) is 13.2 Å². The summed E-state index contributed by atoms with van der Waals surface area (Å²) in [6.45, 7) is 6.28. The summed E-state index contributed by atoms with van der Waals surface area (Å²) in [5.41, 5.74) is 0.236. The molecule has 1 N–H and O–H groups in total. The summed E-state index contributed by atoms with van der Waals surface area (Å²) in [7, 11) is 1.59. The topological polar surface area (TPSA) is 12.0 Å². The van der Waals surface area contributed by atoms with Crippen LogP contribution in [0.2, 0.25) is 0 Å². The average Bonchev–Trinajstić information content (AvgIpc) is 1.65. The standard InChI is InChI=1S/C5H8FN/c1-4(6)5(2)7-3/h7H,1-2H2,3H3. The molecule has 0 aliphatic rings. The quantitative estimate of drug-likeness (QED) is 0.515. The van der Waals surface area contributed by atoms with Crippen molar-refractivity contribution in [3.8, 4) is 0 Å². The molecule has 0 spiro atoms. The molecule has 0 fully saturated rings. The summed E-state index contributed by atoms with van der Waals surface area (Å²) in [4.78, 5) is 0. The van der Waals surface area contributed by atoms with E-state index in [-0.39, 0.29) is 5.70 Å². The van der Waals surface area contributed by atoms with Crippen LogP contribution in [0.4, 0.5) is 4.39 Å². The van der Waals surface area contributed by atoms with Crippen molar-refractivity contribution in [2.24, 2.45) is 0 Å². The van der Waals surface area contributed by atoms with Gasteiger partial charge in [-0.15, -0.1) is 0 Å². The highest BCUT2D eigenvalue weighted by atomic mass is 19.1. The lowest BCUT2D eigenvalue weighted by molar-refractivity contribution is 0.639. The molecule has 0 aromatic heterocycles. The predicted molar refractivity (Wildman–Crippen MR) is 28.4 cm³/mol. The number of nitrogens with one attached hydrogen (secondary N) is 1. The summed E-state index contributed by atoms with van der Waals surface area (Å²) in [6, 6.07) is 0. The fraction of sp³-hybridized carbons (Fsp3) is 0.200. The maximum Gasteiger partial charge on any atom is 0.138 e. The van der Waals surface area contributed by atoms with E-state index >= 15 is 0 Å². The number of allylic oxidation sites excluding steroid dienone is 1. The van der Waals surface area contributed by atoms with Crippen LogP contribution in [-0.4, -0.2) is 7.05 Å². The van der Waals surface area contributed by atoms with Gasteiger partial charge >= 0.3 is 0 Å². The first kappa shape index (κ1) is 6.21. The van der Waals surface area contributed by atoms with E-state index in [4.69, 9.17) is 0 Å². The second-order valence-corrected chi connectivity index (χ2v) is 1.13. The predicted octanol–water partition coefficient (Wildman–Crippen LogP) is 1.20. The lowest BCUT2D eigenvalue weighted by atomic mass is 10.5. The molecular weight excluding hydrogens is 93.1 g/mol. The van der Waals surface area contributed by atoms with E-state index in [2.05, 4.69) is 18.5 Å². The van der Waals surface area contributed by atoms with Crippen molar-refractivity contribution >= 4 is 0 Å². The number of likely N-dealkylation sites (N-methyl/N-ethyl adjacent to an activating group) is 1. The third-order valence-electron chi connectivity index (χ3n) is 0.629. The highest BCUT2D eigenvalue weighted by molar-refractivity contribution is 5.14. The molecule has 40 valence electrons. The van der Waals surface area contributed by atoms with Gasteiger partial charge in [0, 0.05) is 7.05 Å². The fourth-order valence-electron chi connectivity index (χ4n) is 0.136. The van der Waals surface area contributed by atoms with Crippen molar-refractivity contribution in [2.75, 3.05) is 7.05 Å². The van der Waals surface area contributed by atoms with E-state index in [1.54, 1.807) is 7.05 Å². The van der Waals surface area contributed by atoms with Crippen molar-refractivity contribution in [1.29, 1.82) is 0 Å². The molecule has 0 unspecified atom stereocenters. The second-order valence-electron chi connectivity index (χ2n) is 1.13. The minimum absolute atomic E-state index is 0.236. The third-order valence-corrected chi connectivity index (χ3v) is 0.629. The molecule has 2 heteroatoms. The van der Waals surface area contributed by atoms with Crippen LogP contribution < -0.4 is 5.32 Å².